The molecule has 0 aliphatic rings. The highest BCUT2D eigenvalue weighted by atomic mass is 35.5. The maximum absolute atomic E-state index is 12.4. The Morgan fingerprint density at radius 2 is 1.58 bits per heavy atom. The van der Waals surface area contributed by atoms with Gasteiger partial charge in [-0.3, -0.25) is 10.1 Å². The number of anilines is 1. The average molecular weight is 498 g/mol. The molecule has 0 spiro atoms. The number of amides is 3. The highest BCUT2D eigenvalue weighted by Crippen LogP contribution is 2.40. The maximum atomic E-state index is 12.4. The molecule has 0 heterocycles. The van der Waals surface area contributed by atoms with Crippen molar-refractivity contribution in [3.63, 3.8) is 0 Å². The topological polar surface area (TPSA) is 67.4 Å². The molecule has 0 saturated heterocycles. The molecule has 0 saturated carbocycles. The Morgan fingerprint density at radius 1 is 0.871 bits per heavy atom. The minimum Gasteiger partial charge on any atom is -0.454 e. The van der Waals surface area contributed by atoms with Gasteiger partial charge < -0.3 is 10.1 Å². The van der Waals surface area contributed by atoms with Crippen LogP contribution in [0.5, 0.6) is 11.5 Å². The number of nitrogens with one attached hydrogen (secondary N) is 2. The van der Waals surface area contributed by atoms with Crippen molar-refractivity contribution in [2.24, 2.45) is 0 Å². The third-order valence-corrected chi connectivity index (χ3v) is 5.71. The summed E-state index contributed by atoms with van der Waals surface area (Å²) in [4.78, 5) is 24.7. The molecule has 3 rings (SSSR count). The van der Waals surface area contributed by atoms with E-state index < -0.39 is 11.9 Å². The van der Waals surface area contributed by atoms with Crippen molar-refractivity contribution in [2.75, 3.05) is 5.32 Å². The van der Waals surface area contributed by atoms with E-state index in [9.17, 15) is 9.59 Å². The molecule has 0 aromatic heterocycles. The highest BCUT2D eigenvalue weighted by Gasteiger charge is 2.18. The Morgan fingerprint density at radius 3 is 2.29 bits per heavy atom. The molecule has 3 aromatic carbocycles. The fraction of sp³-hybridized carbons (Fsp3) is 0.0909. The molecule has 0 aliphatic carbocycles. The number of benzene rings is 3. The first-order valence-corrected chi connectivity index (χ1v) is 10.5. The molecule has 2 N–H and O–H groups in total. The molecular formula is C22H16Cl4N2O3. The van der Waals surface area contributed by atoms with Crippen LogP contribution in [0.4, 0.5) is 10.5 Å². The van der Waals surface area contributed by atoms with Gasteiger partial charge in [0.05, 0.1) is 20.6 Å². The summed E-state index contributed by atoms with van der Waals surface area (Å²) in [6.45, 7) is 3.48. The molecule has 0 fully saturated rings. The smallest absolute Gasteiger partial charge is 0.326 e. The molecule has 0 atom stereocenters. The summed E-state index contributed by atoms with van der Waals surface area (Å²) < 4.78 is 5.83. The Bertz CT molecular complexity index is 1180. The minimum absolute atomic E-state index is 0.188. The number of carbonyl (C=O) groups excluding carboxylic acids is 2. The van der Waals surface area contributed by atoms with Crippen molar-refractivity contribution < 1.29 is 14.3 Å². The summed E-state index contributed by atoms with van der Waals surface area (Å²) >= 11 is 24.6. The van der Waals surface area contributed by atoms with Crippen LogP contribution >= 0.6 is 46.4 Å². The predicted octanol–water partition coefficient (Wildman–Crippen LogP) is 7.67. The largest absolute Gasteiger partial charge is 0.454 e. The summed E-state index contributed by atoms with van der Waals surface area (Å²) in [5.74, 6) is 0.0673. The van der Waals surface area contributed by atoms with Crippen LogP contribution in [0, 0.1) is 13.8 Å². The van der Waals surface area contributed by atoms with Gasteiger partial charge in [-0.15, -0.1) is 0 Å². The first-order chi connectivity index (χ1) is 14.7. The first kappa shape index (κ1) is 23.2. The zero-order valence-corrected chi connectivity index (χ0v) is 19.4. The fourth-order valence-corrected chi connectivity index (χ4v) is 3.55. The Labute approximate surface area is 199 Å². The van der Waals surface area contributed by atoms with Gasteiger partial charge in [-0.2, -0.15) is 0 Å². The molecule has 31 heavy (non-hydrogen) atoms. The lowest BCUT2D eigenvalue weighted by atomic mass is 10.1. The van der Waals surface area contributed by atoms with Crippen molar-refractivity contribution in [3.8, 4) is 11.5 Å². The van der Waals surface area contributed by atoms with Crippen molar-refractivity contribution in [1.29, 1.82) is 0 Å². The molecule has 0 bridgehead atoms. The third-order valence-electron chi connectivity index (χ3n) is 4.36. The number of carbonyl (C=O) groups is 2. The number of rotatable bonds is 4. The van der Waals surface area contributed by atoms with Crippen LogP contribution in [0.15, 0.2) is 48.5 Å². The summed E-state index contributed by atoms with van der Waals surface area (Å²) in [5.41, 5.74) is 1.84. The maximum Gasteiger partial charge on any atom is 0.326 e. The molecule has 0 unspecified atom stereocenters. The van der Waals surface area contributed by atoms with E-state index in [0.29, 0.717) is 38.4 Å². The third kappa shape index (κ3) is 5.43. The van der Waals surface area contributed by atoms with Crippen LogP contribution in [0.3, 0.4) is 0 Å². The second-order valence-corrected chi connectivity index (χ2v) is 8.20. The van der Waals surface area contributed by atoms with Crippen LogP contribution in [0.2, 0.25) is 20.1 Å². The van der Waals surface area contributed by atoms with Gasteiger partial charge in [0, 0.05) is 16.8 Å². The molecule has 5 nitrogen and oxygen atoms in total. The van der Waals surface area contributed by atoms with Gasteiger partial charge in [-0.1, -0.05) is 58.5 Å². The van der Waals surface area contributed by atoms with Crippen LogP contribution < -0.4 is 15.4 Å². The quantitative estimate of drug-likeness (QED) is 0.388. The van der Waals surface area contributed by atoms with Crippen LogP contribution in [0.25, 0.3) is 0 Å². The molecule has 0 radical (unpaired) electrons. The lowest BCUT2D eigenvalue weighted by Crippen LogP contribution is -2.34. The second kappa shape index (κ2) is 9.79. The summed E-state index contributed by atoms with van der Waals surface area (Å²) in [5, 5.41) is 6.24. The number of imide groups is 1. The number of aryl methyl sites for hydroxylation is 1. The lowest BCUT2D eigenvalue weighted by molar-refractivity contribution is 0.0967. The molecular weight excluding hydrogens is 482 g/mol. The van der Waals surface area contributed by atoms with Gasteiger partial charge in [0.2, 0.25) is 0 Å². The van der Waals surface area contributed by atoms with Crippen molar-refractivity contribution in [1.82, 2.24) is 5.32 Å². The Hall–Kier alpha value is -2.44. The zero-order chi connectivity index (χ0) is 22.7. The summed E-state index contributed by atoms with van der Waals surface area (Å²) in [6.07, 6.45) is 0. The van der Waals surface area contributed by atoms with Crippen LogP contribution in [-0.2, 0) is 0 Å². The van der Waals surface area contributed by atoms with Gasteiger partial charge in [0.15, 0.2) is 0 Å². The van der Waals surface area contributed by atoms with E-state index in [2.05, 4.69) is 10.6 Å². The van der Waals surface area contributed by atoms with E-state index in [1.165, 1.54) is 6.07 Å². The normalized spacial score (nSPS) is 10.5. The van der Waals surface area contributed by atoms with Gasteiger partial charge >= 0.3 is 6.03 Å². The number of hydrogen-bond acceptors (Lipinski definition) is 3. The molecule has 9 heteroatoms. The molecule has 3 amide bonds. The predicted molar refractivity (Wildman–Crippen MR) is 125 cm³/mol. The number of halogens is 4. The average Bonchev–Trinajstić information content (AvgIpc) is 2.72. The Balaban J connectivity index is 1.80. The summed E-state index contributed by atoms with van der Waals surface area (Å²) in [6, 6.07) is 12.2. The van der Waals surface area contributed by atoms with E-state index in [1.807, 2.05) is 0 Å². The van der Waals surface area contributed by atoms with Crippen molar-refractivity contribution >= 4 is 64.0 Å². The first-order valence-electron chi connectivity index (χ1n) is 8.97. The van der Waals surface area contributed by atoms with E-state index in [1.54, 1.807) is 56.3 Å². The van der Waals surface area contributed by atoms with Gasteiger partial charge in [0.25, 0.3) is 5.91 Å². The van der Waals surface area contributed by atoms with Crippen molar-refractivity contribution in [2.45, 2.75) is 13.8 Å². The van der Waals surface area contributed by atoms with E-state index in [0.717, 1.165) is 0 Å². The number of ether oxygens (including phenoxy) is 1. The van der Waals surface area contributed by atoms with Gasteiger partial charge in [0.1, 0.15) is 11.5 Å². The summed E-state index contributed by atoms with van der Waals surface area (Å²) in [7, 11) is 0. The standard InChI is InChI=1S/C22H16Cl4N2O3/c1-11-9-18(31-17-10-13(23)7-8-16(17)25)19(26)12(2)20(11)27-22(30)28-21(29)14-5-3-4-6-15(14)24/h3-10H,1-2H3,(H2,27,28,29,30). The SMILES string of the molecule is Cc1cc(Oc2cc(Cl)ccc2Cl)c(Cl)c(C)c1NC(=O)NC(=O)c1ccccc1Cl. The molecule has 3 aromatic rings. The van der Waals surface area contributed by atoms with E-state index >= 15 is 0 Å². The van der Waals surface area contributed by atoms with Crippen LogP contribution in [0.1, 0.15) is 21.5 Å². The van der Waals surface area contributed by atoms with Gasteiger partial charge in [-0.05, 0) is 55.3 Å². The Kier molecular flexibility index (Phi) is 7.34. The van der Waals surface area contributed by atoms with E-state index in [4.69, 9.17) is 51.1 Å². The zero-order valence-electron chi connectivity index (χ0n) is 16.4. The monoisotopic (exact) mass is 496 g/mol. The van der Waals surface area contributed by atoms with Gasteiger partial charge in [-0.25, -0.2) is 4.79 Å². The van der Waals surface area contributed by atoms with Crippen molar-refractivity contribution in [3.05, 3.63) is 85.3 Å². The lowest BCUT2D eigenvalue weighted by Gasteiger charge is -2.17. The molecule has 0 aliphatic heterocycles. The van der Waals surface area contributed by atoms with E-state index in [-0.39, 0.29) is 15.6 Å². The number of urea groups is 1. The highest BCUT2D eigenvalue weighted by molar-refractivity contribution is 6.35. The number of hydrogen-bond donors (Lipinski definition) is 2. The molecule has 160 valence electrons. The van der Waals surface area contributed by atoms with Crippen LogP contribution in [-0.4, -0.2) is 11.9 Å². The minimum atomic E-state index is -0.723. The second-order valence-electron chi connectivity index (χ2n) is 6.57. The fourth-order valence-electron chi connectivity index (χ4n) is 2.82.